The van der Waals surface area contributed by atoms with Crippen LogP contribution in [0.2, 0.25) is 0 Å². The molecule has 1 unspecified atom stereocenters. The molecule has 0 aliphatic carbocycles. The first kappa shape index (κ1) is 11.9. The molecule has 3 nitrogen and oxygen atoms in total. The second kappa shape index (κ2) is 6.32. The topological polar surface area (TPSA) is 38.5 Å². The molecule has 0 aromatic carbocycles. The summed E-state index contributed by atoms with van der Waals surface area (Å²) in [6.45, 7) is 3.03. The van der Waals surface area contributed by atoms with Crippen molar-refractivity contribution in [2.24, 2.45) is 5.73 Å². The summed E-state index contributed by atoms with van der Waals surface area (Å²) < 4.78 is 5.56. The van der Waals surface area contributed by atoms with Crippen LogP contribution < -0.4 is 5.73 Å². The fourth-order valence-electron chi connectivity index (χ4n) is 1.75. The van der Waals surface area contributed by atoms with Crippen LogP contribution >= 0.6 is 12.2 Å². The highest BCUT2D eigenvalue weighted by Gasteiger charge is 2.16. The summed E-state index contributed by atoms with van der Waals surface area (Å²) in [6, 6.07) is 0. The van der Waals surface area contributed by atoms with Gasteiger partial charge in [0.1, 0.15) is 0 Å². The summed E-state index contributed by atoms with van der Waals surface area (Å²) >= 11 is 4.83. The van der Waals surface area contributed by atoms with Crippen LogP contribution in [0.25, 0.3) is 0 Å². The van der Waals surface area contributed by atoms with Crippen molar-refractivity contribution in [2.45, 2.75) is 31.8 Å². The van der Waals surface area contributed by atoms with E-state index < -0.39 is 0 Å². The van der Waals surface area contributed by atoms with Crippen LogP contribution in [-0.4, -0.2) is 42.7 Å². The smallest absolute Gasteiger partial charge is 0.0727 e. The molecule has 1 aliphatic heterocycles. The summed E-state index contributed by atoms with van der Waals surface area (Å²) in [7, 11) is 2.13. The number of hydrogen-bond acceptors (Lipinski definition) is 3. The van der Waals surface area contributed by atoms with E-state index in [0.29, 0.717) is 11.1 Å². The Morgan fingerprint density at radius 3 is 3.00 bits per heavy atom. The number of hydrogen-bond donors (Lipinski definition) is 1. The van der Waals surface area contributed by atoms with Gasteiger partial charge in [-0.05, 0) is 39.3 Å². The molecule has 1 heterocycles. The monoisotopic (exact) mass is 216 g/mol. The summed E-state index contributed by atoms with van der Waals surface area (Å²) in [6.07, 6.45) is 4.78. The van der Waals surface area contributed by atoms with Gasteiger partial charge in [-0.25, -0.2) is 0 Å². The summed E-state index contributed by atoms with van der Waals surface area (Å²) in [5.74, 6) is 0. The molecule has 0 spiro atoms. The van der Waals surface area contributed by atoms with Crippen molar-refractivity contribution in [3.05, 3.63) is 0 Å². The minimum atomic E-state index is 0.449. The largest absolute Gasteiger partial charge is 0.393 e. The summed E-state index contributed by atoms with van der Waals surface area (Å²) in [4.78, 5) is 2.92. The van der Waals surface area contributed by atoms with Crippen LogP contribution in [0.5, 0.6) is 0 Å². The van der Waals surface area contributed by atoms with Crippen LogP contribution in [-0.2, 0) is 4.74 Å². The minimum Gasteiger partial charge on any atom is -0.393 e. The van der Waals surface area contributed by atoms with E-state index in [2.05, 4.69) is 11.9 Å². The zero-order valence-corrected chi connectivity index (χ0v) is 9.68. The van der Waals surface area contributed by atoms with Crippen molar-refractivity contribution in [1.82, 2.24) is 4.90 Å². The Morgan fingerprint density at radius 2 is 2.43 bits per heavy atom. The first-order chi connectivity index (χ1) is 6.68. The van der Waals surface area contributed by atoms with Crippen LogP contribution in [0, 0.1) is 0 Å². The molecule has 0 amide bonds. The van der Waals surface area contributed by atoms with Gasteiger partial charge in [-0.2, -0.15) is 0 Å². The molecule has 4 heteroatoms. The molecule has 0 aromatic rings. The molecular formula is C10H20N2OS. The average molecular weight is 216 g/mol. The van der Waals surface area contributed by atoms with Crippen molar-refractivity contribution in [3.63, 3.8) is 0 Å². The number of nitrogens with two attached hydrogens (primary N) is 1. The first-order valence-electron chi connectivity index (χ1n) is 5.27. The lowest BCUT2D eigenvalue weighted by Crippen LogP contribution is -2.30. The quantitative estimate of drug-likeness (QED) is 0.676. The first-order valence-corrected chi connectivity index (χ1v) is 5.68. The molecule has 2 N–H and O–H groups in total. The van der Waals surface area contributed by atoms with E-state index in [1.165, 1.54) is 12.8 Å². The molecule has 0 bridgehead atoms. The van der Waals surface area contributed by atoms with Gasteiger partial charge in [-0.1, -0.05) is 12.2 Å². The van der Waals surface area contributed by atoms with Crippen molar-refractivity contribution >= 4 is 17.2 Å². The molecule has 1 saturated heterocycles. The van der Waals surface area contributed by atoms with E-state index in [-0.39, 0.29) is 0 Å². The van der Waals surface area contributed by atoms with E-state index in [4.69, 9.17) is 22.7 Å². The van der Waals surface area contributed by atoms with Crippen molar-refractivity contribution < 1.29 is 4.74 Å². The Balaban J connectivity index is 2.03. The van der Waals surface area contributed by atoms with Crippen LogP contribution in [0.1, 0.15) is 25.7 Å². The molecular weight excluding hydrogens is 196 g/mol. The van der Waals surface area contributed by atoms with E-state index in [9.17, 15) is 0 Å². The van der Waals surface area contributed by atoms with Gasteiger partial charge in [0, 0.05) is 13.2 Å². The Bertz CT molecular complexity index is 181. The molecule has 0 radical (unpaired) electrons. The molecule has 1 aliphatic rings. The van der Waals surface area contributed by atoms with Gasteiger partial charge in [-0.15, -0.1) is 0 Å². The van der Waals surface area contributed by atoms with Crippen LogP contribution in [0.3, 0.4) is 0 Å². The van der Waals surface area contributed by atoms with E-state index >= 15 is 0 Å². The van der Waals surface area contributed by atoms with Crippen LogP contribution in [0.4, 0.5) is 0 Å². The average Bonchev–Trinajstić information content (AvgIpc) is 2.56. The third-order valence-electron chi connectivity index (χ3n) is 2.50. The van der Waals surface area contributed by atoms with E-state index in [0.717, 1.165) is 32.5 Å². The van der Waals surface area contributed by atoms with E-state index in [1.54, 1.807) is 0 Å². The maximum atomic E-state index is 5.56. The number of nitrogens with zero attached hydrogens (tertiary/aromatic N) is 1. The molecule has 1 rings (SSSR count). The van der Waals surface area contributed by atoms with Gasteiger partial charge >= 0.3 is 0 Å². The van der Waals surface area contributed by atoms with Crippen LogP contribution in [0.15, 0.2) is 0 Å². The van der Waals surface area contributed by atoms with Crippen molar-refractivity contribution in [1.29, 1.82) is 0 Å². The highest BCUT2D eigenvalue weighted by atomic mass is 32.1. The number of likely N-dealkylation sites (N-methyl/N-ethyl adjacent to an activating group) is 1. The molecule has 14 heavy (non-hydrogen) atoms. The van der Waals surface area contributed by atoms with Crippen molar-refractivity contribution in [3.8, 4) is 0 Å². The van der Waals surface area contributed by atoms with Gasteiger partial charge in [0.05, 0.1) is 11.1 Å². The van der Waals surface area contributed by atoms with E-state index in [1.807, 2.05) is 0 Å². The number of ether oxygens (including phenoxy) is 1. The Morgan fingerprint density at radius 1 is 1.64 bits per heavy atom. The standard InChI is InChI=1S/C10H20N2OS/c1-12(6-2-5-10(11)14)8-9-4-3-7-13-9/h9H,2-8H2,1H3,(H2,11,14). The second-order valence-electron chi connectivity index (χ2n) is 3.97. The highest BCUT2D eigenvalue weighted by Crippen LogP contribution is 2.12. The molecule has 82 valence electrons. The molecule has 1 atom stereocenters. The molecule has 0 saturated carbocycles. The lowest BCUT2D eigenvalue weighted by molar-refractivity contribution is 0.0811. The highest BCUT2D eigenvalue weighted by molar-refractivity contribution is 7.80. The maximum Gasteiger partial charge on any atom is 0.0727 e. The third-order valence-corrected chi connectivity index (χ3v) is 2.71. The molecule has 0 aromatic heterocycles. The Hall–Kier alpha value is -0.190. The fourth-order valence-corrected chi connectivity index (χ4v) is 1.89. The maximum absolute atomic E-state index is 5.56. The number of rotatable bonds is 6. The lowest BCUT2D eigenvalue weighted by atomic mass is 10.2. The molecule has 1 fully saturated rings. The van der Waals surface area contributed by atoms with Gasteiger partial charge in [-0.3, -0.25) is 0 Å². The zero-order valence-electron chi connectivity index (χ0n) is 8.87. The zero-order chi connectivity index (χ0) is 10.4. The van der Waals surface area contributed by atoms with Gasteiger partial charge in [0.25, 0.3) is 0 Å². The van der Waals surface area contributed by atoms with Gasteiger partial charge < -0.3 is 15.4 Å². The lowest BCUT2D eigenvalue weighted by Gasteiger charge is -2.20. The third kappa shape index (κ3) is 4.88. The number of thiocarbonyl (C=S) groups is 1. The predicted molar refractivity (Wildman–Crippen MR) is 62.5 cm³/mol. The SMILES string of the molecule is CN(CCCC(N)=S)CC1CCCO1. The van der Waals surface area contributed by atoms with Crippen molar-refractivity contribution in [2.75, 3.05) is 26.7 Å². The fraction of sp³-hybridized carbons (Fsp3) is 0.900. The second-order valence-corrected chi connectivity index (χ2v) is 4.49. The Labute approximate surface area is 91.6 Å². The minimum absolute atomic E-state index is 0.449. The van der Waals surface area contributed by atoms with Gasteiger partial charge in [0.2, 0.25) is 0 Å². The summed E-state index contributed by atoms with van der Waals surface area (Å²) in [5, 5.41) is 0. The summed E-state index contributed by atoms with van der Waals surface area (Å²) in [5.41, 5.74) is 5.43. The van der Waals surface area contributed by atoms with Gasteiger partial charge in [0.15, 0.2) is 0 Å². The predicted octanol–water partition coefficient (Wildman–Crippen LogP) is 1.16. The Kier molecular flexibility index (Phi) is 5.37. The normalized spacial score (nSPS) is 21.7.